The molecule has 0 aliphatic heterocycles. The second kappa shape index (κ2) is 8.17. The summed E-state index contributed by atoms with van der Waals surface area (Å²) in [6, 6.07) is 7.87. The molecule has 2 aromatic rings. The van der Waals surface area contributed by atoms with Gasteiger partial charge in [0.1, 0.15) is 5.75 Å². The minimum Gasteiger partial charge on any atom is -0.437 e. The van der Waals surface area contributed by atoms with Crippen LogP contribution in [0.4, 0.5) is 0 Å². The minimum absolute atomic E-state index is 0.516. The summed E-state index contributed by atoms with van der Waals surface area (Å²) < 4.78 is 5.86. The highest BCUT2D eigenvalue weighted by Gasteiger charge is 2.04. The van der Waals surface area contributed by atoms with E-state index in [0.717, 1.165) is 30.0 Å². The van der Waals surface area contributed by atoms with Crippen LogP contribution < -0.4 is 10.1 Å². The zero-order valence-electron chi connectivity index (χ0n) is 12.5. The maximum absolute atomic E-state index is 5.86. The van der Waals surface area contributed by atoms with Crippen molar-refractivity contribution < 1.29 is 4.74 Å². The second-order valence-corrected chi connectivity index (χ2v) is 4.67. The predicted octanol–water partition coefficient (Wildman–Crippen LogP) is 3.80. The van der Waals surface area contributed by atoms with E-state index in [0.29, 0.717) is 12.4 Å². The van der Waals surface area contributed by atoms with Crippen LogP contribution in [0.3, 0.4) is 0 Å². The Kier molecular flexibility index (Phi) is 5.91. The summed E-state index contributed by atoms with van der Waals surface area (Å²) in [5.74, 6) is 1.30. The molecular formula is C17H21N3O. The van der Waals surface area contributed by atoms with Crippen LogP contribution >= 0.6 is 0 Å². The van der Waals surface area contributed by atoms with E-state index in [1.165, 1.54) is 0 Å². The van der Waals surface area contributed by atoms with Crippen LogP contribution in [-0.2, 0) is 6.54 Å². The molecule has 0 atom stereocenters. The maximum atomic E-state index is 5.86. The summed E-state index contributed by atoms with van der Waals surface area (Å²) in [5.41, 5.74) is 1.90. The fraction of sp³-hybridized carbons (Fsp3) is 0.294. The number of benzene rings is 1. The van der Waals surface area contributed by atoms with Gasteiger partial charge in [-0.15, -0.1) is 0 Å². The third kappa shape index (κ3) is 4.68. The normalized spacial score (nSPS) is 11.0. The summed E-state index contributed by atoms with van der Waals surface area (Å²) >= 11 is 0. The van der Waals surface area contributed by atoms with Crippen LogP contribution in [0.2, 0.25) is 0 Å². The number of rotatable bonds is 7. The van der Waals surface area contributed by atoms with Gasteiger partial charge >= 0.3 is 0 Å². The van der Waals surface area contributed by atoms with Crippen molar-refractivity contribution in [2.24, 2.45) is 0 Å². The highest BCUT2D eigenvalue weighted by Crippen LogP contribution is 2.24. The van der Waals surface area contributed by atoms with Gasteiger partial charge in [0, 0.05) is 18.3 Å². The molecule has 0 aliphatic carbocycles. The molecule has 21 heavy (non-hydrogen) atoms. The van der Waals surface area contributed by atoms with Crippen molar-refractivity contribution in [1.29, 1.82) is 0 Å². The van der Waals surface area contributed by atoms with Gasteiger partial charge in [-0.25, -0.2) is 4.98 Å². The van der Waals surface area contributed by atoms with E-state index in [9.17, 15) is 0 Å². The van der Waals surface area contributed by atoms with Crippen LogP contribution in [-0.4, -0.2) is 16.5 Å². The first-order chi connectivity index (χ1) is 10.3. The SMILES string of the molecule is CC=Cc1ccccc1Oc1cncc(CNCCC)n1. The van der Waals surface area contributed by atoms with Crippen LogP contribution in [0.15, 0.2) is 42.7 Å². The molecule has 0 radical (unpaired) electrons. The lowest BCUT2D eigenvalue weighted by Crippen LogP contribution is -2.15. The number of hydrogen-bond donors (Lipinski definition) is 1. The third-order valence-electron chi connectivity index (χ3n) is 2.87. The molecule has 0 saturated carbocycles. The number of nitrogens with one attached hydrogen (secondary N) is 1. The zero-order valence-corrected chi connectivity index (χ0v) is 12.5. The molecule has 1 aromatic carbocycles. The van der Waals surface area contributed by atoms with E-state index in [4.69, 9.17) is 4.74 Å². The summed E-state index contributed by atoms with van der Waals surface area (Å²) in [5, 5.41) is 3.30. The third-order valence-corrected chi connectivity index (χ3v) is 2.87. The van der Waals surface area contributed by atoms with Gasteiger partial charge in [-0.2, -0.15) is 0 Å². The number of aromatic nitrogens is 2. The fourth-order valence-electron chi connectivity index (χ4n) is 1.92. The molecular weight excluding hydrogens is 262 g/mol. The van der Waals surface area contributed by atoms with E-state index < -0.39 is 0 Å². The van der Waals surface area contributed by atoms with Gasteiger partial charge in [0.15, 0.2) is 0 Å². The monoisotopic (exact) mass is 283 g/mol. The van der Waals surface area contributed by atoms with E-state index in [1.807, 2.05) is 43.3 Å². The number of para-hydroxylation sites is 1. The van der Waals surface area contributed by atoms with Gasteiger partial charge < -0.3 is 10.1 Å². The van der Waals surface area contributed by atoms with Gasteiger partial charge in [0.05, 0.1) is 11.9 Å². The molecule has 1 N–H and O–H groups in total. The van der Waals surface area contributed by atoms with Crippen LogP contribution in [0.1, 0.15) is 31.5 Å². The minimum atomic E-state index is 0.516. The summed E-state index contributed by atoms with van der Waals surface area (Å²) in [4.78, 5) is 8.66. The molecule has 0 amide bonds. The Morgan fingerprint density at radius 3 is 2.90 bits per heavy atom. The lowest BCUT2D eigenvalue weighted by molar-refractivity contribution is 0.455. The average Bonchev–Trinajstić information content (AvgIpc) is 2.50. The Morgan fingerprint density at radius 1 is 1.24 bits per heavy atom. The van der Waals surface area contributed by atoms with Crippen molar-refractivity contribution in [2.75, 3.05) is 6.54 Å². The molecule has 0 bridgehead atoms. The molecule has 110 valence electrons. The first kappa shape index (κ1) is 15.2. The van der Waals surface area contributed by atoms with Crippen LogP contribution in [0.5, 0.6) is 11.6 Å². The molecule has 1 heterocycles. The molecule has 0 spiro atoms. The largest absolute Gasteiger partial charge is 0.437 e. The molecule has 0 fully saturated rings. The van der Waals surface area contributed by atoms with E-state index in [2.05, 4.69) is 22.2 Å². The number of allylic oxidation sites excluding steroid dienone is 1. The van der Waals surface area contributed by atoms with E-state index in [-0.39, 0.29) is 0 Å². The predicted molar refractivity (Wildman–Crippen MR) is 85.3 cm³/mol. The van der Waals surface area contributed by atoms with Crippen molar-refractivity contribution in [3.05, 3.63) is 54.0 Å². The molecule has 0 saturated heterocycles. The molecule has 0 unspecified atom stereocenters. The Labute approximate surface area is 125 Å². The molecule has 4 heteroatoms. The van der Waals surface area contributed by atoms with Crippen molar-refractivity contribution in [3.8, 4) is 11.6 Å². The van der Waals surface area contributed by atoms with Crippen LogP contribution in [0.25, 0.3) is 6.08 Å². The van der Waals surface area contributed by atoms with Gasteiger partial charge in [0.25, 0.3) is 0 Å². The second-order valence-electron chi connectivity index (χ2n) is 4.67. The van der Waals surface area contributed by atoms with Crippen molar-refractivity contribution in [1.82, 2.24) is 15.3 Å². The van der Waals surface area contributed by atoms with Crippen molar-refractivity contribution in [2.45, 2.75) is 26.8 Å². The lowest BCUT2D eigenvalue weighted by atomic mass is 10.2. The zero-order chi connectivity index (χ0) is 14.9. The summed E-state index contributed by atoms with van der Waals surface area (Å²) in [7, 11) is 0. The van der Waals surface area contributed by atoms with Gasteiger partial charge in [-0.05, 0) is 26.0 Å². The molecule has 1 aromatic heterocycles. The average molecular weight is 283 g/mol. The Morgan fingerprint density at radius 2 is 2.10 bits per heavy atom. The number of ether oxygens (including phenoxy) is 1. The number of nitrogens with zero attached hydrogens (tertiary/aromatic N) is 2. The number of hydrogen-bond acceptors (Lipinski definition) is 4. The molecule has 4 nitrogen and oxygen atoms in total. The highest BCUT2D eigenvalue weighted by atomic mass is 16.5. The Hall–Kier alpha value is -2.20. The fourth-order valence-corrected chi connectivity index (χ4v) is 1.92. The van der Waals surface area contributed by atoms with Gasteiger partial charge in [0.2, 0.25) is 5.88 Å². The molecule has 2 rings (SSSR count). The Bertz CT molecular complexity index is 596. The summed E-state index contributed by atoms with van der Waals surface area (Å²) in [6.45, 7) is 5.79. The van der Waals surface area contributed by atoms with Gasteiger partial charge in [-0.1, -0.05) is 37.3 Å². The summed E-state index contributed by atoms with van der Waals surface area (Å²) in [6.07, 6.45) is 8.48. The first-order valence-corrected chi connectivity index (χ1v) is 7.24. The first-order valence-electron chi connectivity index (χ1n) is 7.24. The molecule has 0 aliphatic rings. The van der Waals surface area contributed by atoms with E-state index in [1.54, 1.807) is 12.4 Å². The van der Waals surface area contributed by atoms with Crippen LogP contribution in [0, 0.1) is 0 Å². The van der Waals surface area contributed by atoms with Crippen molar-refractivity contribution in [3.63, 3.8) is 0 Å². The smallest absolute Gasteiger partial charge is 0.238 e. The maximum Gasteiger partial charge on any atom is 0.238 e. The quantitative estimate of drug-likeness (QED) is 0.785. The topological polar surface area (TPSA) is 47.0 Å². The standard InChI is InChI=1S/C17H21N3O/c1-3-7-14-8-5-6-9-16(14)21-17-13-19-12-15(20-17)11-18-10-4-2/h3,5-9,12-13,18H,4,10-11H2,1-2H3. The van der Waals surface area contributed by atoms with Crippen molar-refractivity contribution >= 4 is 6.08 Å². The lowest BCUT2D eigenvalue weighted by Gasteiger charge is -2.09. The highest BCUT2D eigenvalue weighted by molar-refractivity contribution is 5.57. The van der Waals surface area contributed by atoms with Gasteiger partial charge in [-0.3, -0.25) is 4.98 Å². The van der Waals surface area contributed by atoms with E-state index >= 15 is 0 Å². The Balaban J connectivity index is 2.11.